The minimum Gasteiger partial charge on any atom is -0.486 e. The lowest BCUT2D eigenvalue weighted by atomic mass is 9.76. The van der Waals surface area contributed by atoms with Gasteiger partial charge in [0, 0.05) is 34.1 Å². The highest BCUT2D eigenvalue weighted by Crippen LogP contribution is 2.49. The number of hydrogen-bond acceptors (Lipinski definition) is 6. The molecule has 0 aliphatic carbocycles. The fraction of sp³-hybridized carbons (Fsp3) is 0.231. The number of benzene rings is 3. The Balaban J connectivity index is 1.41. The maximum absolute atomic E-state index is 14.0. The lowest BCUT2D eigenvalue weighted by Crippen LogP contribution is -2.67. The molecule has 3 aliphatic heterocycles. The van der Waals surface area contributed by atoms with Crippen LogP contribution in [0.25, 0.3) is 0 Å². The molecule has 1 fully saturated rings. The molecular formula is C26H21ClN2O6. The molecule has 1 saturated heterocycles. The number of ether oxygens (including phenoxy) is 4. The average molecular weight is 493 g/mol. The summed E-state index contributed by atoms with van der Waals surface area (Å²) in [4.78, 5) is 28.5. The smallest absolute Gasteiger partial charge is 0.255 e. The summed E-state index contributed by atoms with van der Waals surface area (Å²) < 4.78 is 22.5. The van der Waals surface area contributed by atoms with Crippen molar-refractivity contribution in [3.63, 3.8) is 0 Å². The quantitative estimate of drug-likeness (QED) is 0.551. The van der Waals surface area contributed by atoms with Crippen molar-refractivity contribution < 1.29 is 28.5 Å². The van der Waals surface area contributed by atoms with E-state index in [9.17, 15) is 9.59 Å². The van der Waals surface area contributed by atoms with Gasteiger partial charge >= 0.3 is 0 Å². The molecule has 0 saturated carbocycles. The summed E-state index contributed by atoms with van der Waals surface area (Å²) in [7, 11) is 0. The summed E-state index contributed by atoms with van der Waals surface area (Å²) >= 11 is 6.58. The van der Waals surface area contributed by atoms with Gasteiger partial charge in [-0.15, -0.1) is 0 Å². The first-order chi connectivity index (χ1) is 17.1. The number of rotatable bonds is 4. The average Bonchev–Trinajstić information content (AvgIpc) is 2.87. The Bertz CT molecular complexity index is 1350. The van der Waals surface area contributed by atoms with Gasteiger partial charge in [0.1, 0.15) is 26.4 Å². The van der Waals surface area contributed by atoms with Crippen molar-refractivity contribution in [2.75, 3.05) is 36.6 Å². The first-order valence-electron chi connectivity index (χ1n) is 11.2. The number of nitrogens with zero attached hydrogens (tertiary/aromatic N) is 1. The Morgan fingerprint density at radius 2 is 1.46 bits per heavy atom. The van der Waals surface area contributed by atoms with Crippen molar-refractivity contribution in [3.8, 4) is 23.0 Å². The maximum Gasteiger partial charge on any atom is 0.255 e. The lowest BCUT2D eigenvalue weighted by molar-refractivity contribution is -0.137. The number of fused-ring (bicyclic) bond motifs is 2. The van der Waals surface area contributed by atoms with Gasteiger partial charge in [-0.3, -0.25) is 14.5 Å². The highest BCUT2D eigenvalue weighted by Gasteiger charge is 2.59. The molecule has 35 heavy (non-hydrogen) atoms. The summed E-state index contributed by atoms with van der Waals surface area (Å²) in [6.07, 6.45) is -0.0401. The van der Waals surface area contributed by atoms with Gasteiger partial charge in [-0.25, -0.2) is 0 Å². The molecule has 3 aromatic rings. The molecule has 0 aromatic heterocycles. The van der Waals surface area contributed by atoms with E-state index in [-0.39, 0.29) is 12.3 Å². The molecule has 0 bridgehead atoms. The standard InChI is InChI=1S/C26H21ClN2O6/c27-19-4-2-1-3-18(19)26(25(31)28-16-5-7-20-22(13-16)34-11-9-32-20)15-24(30)29(26)17-6-8-21-23(14-17)35-12-10-33-21/h1-8,13-14H,9-12,15H2,(H,28,31). The first-order valence-corrected chi connectivity index (χ1v) is 11.6. The summed E-state index contributed by atoms with van der Waals surface area (Å²) in [6, 6.07) is 17.5. The van der Waals surface area contributed by atoms with E-state index >= 15 is 0 Å². The minimum atomic E-state index is -1.35. The van der Waals surface area contributed by atoms with E-state index in [0.29, 0.717) is 71.4 Å². The molecule has 1 unspecified atom stereocenters. The van der Waals surface area contributed by atoms with Crippen LogP contribution in [0, 0.1) is 0 Å². The van der Waals surface area contributed by atoms with E-state index in [2.05, 4.69) is 5.32 Å². The number of amides is 2. The molecule has 3 aliphatic rings. The van der Waals surface area contributed by atoms with Crippen LogP contribution in [0.15, 0.2) is 60.7 Å². The maximum atomic E-state index is 14.0. The molecule has 1 atom stereocenters. The molecule has 3 heterocycles. The second kappa shape index (κ2) is 8.39. The number of carbonyl (C=O) groups is 2. The minimum absolute atomic E-state index is 0.0401. The third-order valence-electron chi connectivity index (χ3n) is 6.32. The Morgan fingerprint density at radius 3 is 2.14 bits per heavy atom. The Labute approximate surface area is 206 Å². The van der Waals surface area contributed by atoms with E-state index < -0.39 is 11.4 Å². The molecule has 9 heteroatoms. The molecule has 178 valence electrons. The second-order valence-electron chi connectivity index (χ2n) is 8.39. The zero-order valence-corrected chi connectivity index (χ0v) is 19.3. The largest absolute Gasteiger partial charge is 0.486 e. The fourth-order valence-electron chi connectivity index (χ4n) is 4.71. The summed E-state index contributed by atoms with van der Waals surface area (Å²) in [6.45, 7) is 1.77. The van der Waals surface area contributed by atoms with Crippen LogP contribution in [-0.2, 0) is 15.1 Å². The van der Waals surface area contributed by atoms with Crippen molar-refractivity contribution in [1.82, 2.24) is 0 Å². The van der Waals surface area contributed by atoms with Crippen molar-refractivity contribution in [2.24, 2.45) is 0 Å². The molecule has 0 spiro atoms. The zero-order valence-electron chi connectivity index (χ0n) is 18.6. The third kappa shape index (κ3) is 3.52. The van der Waals surface area contributed by atoms with Crippen molar-refractivity contribution in [1.29, 1.82) is 0 Å². The van der Waals surface area contributed by atoms with Crippen LogP contribution in [-0.4, -0.2) is 38.2 Å². The normalized spacial score (nSPS) is 20.1. The predicted octanol–water partition coefficient (Wildman–Crippen LogP) is 4.15. The van der Waals surface area contributed by atoms with E-state index in [1.807, 2.05) is 0 Å². The van der Waals surface area contributed by atoms with Gasteiger partial charge < -0.3 is 24.3 Å². The van der Waals surface area contributed by atoms with E-state index in [4.69, 9.17) is 30.5 Å². The van der Waals surface area contributed by atoms with Gasteiger partial charge in [-0.1, -0.05) is 29.8 Å². The zero-order chi connectivity index (χ0) is 24.0. The SMILES string of the molecule is O=C1CC(C(=O)Nc2ccc3c(c2)OCCO3)(c2ccccc2Cl)N1c1ccc2c(c1)OCCO2. The first kappa shape index (κ1) is 21.6. The van der Waals surface area contributed by atoms with Crippen LogP contribution in [0.4, 0.5) is 11.4 Å². The van der Waals surface area contributed by atoms with Gasteiger partial charge in [-0.05, 0) is 30.3 Å². The predicted molar refractivity (Wildman–Crippen MR) is 129 cm³/mol. The lowest BCUT2D eigenvalue weighted by Gasteiger charge is -2.51. The highest BCUT2D eigenvalue weighted by molar-refractivity contribution is 6.32. The monoisotopic (exact) mass is 492 g/mol. The van der Waals surface area contributed by atoms with E-state index in [0.717, 1.165) is 0 Å². The topological polar surface area (TPSA) is 86.3 Å². The number of carbonyl (C=O) groups excluding carboxylic acids is 2. The van der Waals surface area contributed by atoms with Crippen molar-refractivity contribution in [2.45, 2.75) is 12.0 Å². The van der Waals surface area contributed by atoms with Gasteiger partial charge in [0.2, 0.25) is 5.91 Å². The highest BCUT2D eigenvalue weighted by atomic mass is 35.5. The van der Waals surface area contributed by atoms with Gasteiger partial charge in [0.05, 0.1) is 6.42 Å². The van der Waals surface area contributed by atoms with Crippen molar-refractivity contribution >= 4 is 34.8 Å². The summed E-state index contributed by atoms with van der Waals surface area (Å²) in [5, 5.41) is 3.35. The van der Waals surface area contributed by atoms with Crippen LogP contribution < -0.4 is 29.2 Å². The Morgan fingerprint density at radius 1 is 0.829 bits per heavy atom. The fourth-order valence-corrected chi connectivity index (χ4v) is 5.00. The molecular weight excluding hydrogens is 472 g/mol. The molecule has 0 radical (unpaired) electrons. The van der Waals surface area contributed by atoms with Crippen LogP contribution in [0.3, 0.4) is 0 Å². The van der Waals surface area contributed by atoms with Crippen LogP contribution in [0.5, 0.6) is 23.0 Å². The van der Waals surface area contributed by atoms with Crippen LogP contribution >= 0.6 is 11.6 Å². The van der Waals surface area contributed by atoms with Crippen LogP contribution in [0.2, 0.25) is 5.02 Å². The Kier molecular flexibility index (Phi) is 5.18. The summed E-state index contributed by atoms with van der Waals surface area (Å²) in [5.74, 6) is 1.68. The second-order valence-corrected chi connectivity index (χ2v) is 8.79. The van der Waals surface area contributed by atoms with Crippen LogP contribution in [0.1, 0.15) is 12.0 Å². The molecule has 1 N–H and O–H groups in total. The molecule has 3 aromatic carbocycles. The third-order valence-corrected chi connectivity index (χ3v) is 6.65. The molecule has 2 amide bonds. The molecule has 6 rings (SSSR count). The van der Waals surface area contributed by atoms with Gasteiger partial charge in [-0.2, -0.15) is 0 Å². The number of hydrogen-bond donors (Lipinski definition) is 1. The summed E-state index contributed by atoms with van der Waals surface area (Å²) in [5.41, 5.74) is 0.216. The van der Waals surface area contributed by atoms with Gasteiger partial charge in [0.15, 0.2) is 28.5 Å². The number of halogens is 1. The van der Waals surface area contributed by atoms with E-state index in [1.54, 1.807) is 60.7 Å². The number of nitrogens with one attached hydrogen (secondary N) is 1. The number of β-lactam (4-membered cyclic amide) rings is 1. The Hall–Kier alpha value is -3.91. The molecule has 8 nitrogen and oxygen atoms in total. The number of anilines is 2. The van der Waals surface area contributed by atoms with Crippen molar-refractivity contribution in [3.05, 3.63) is 71.2 Å². The van der Waals surface area contributed by atoms with E-state index in [1.165, 1.54) is 4.90 Å². The van der Waals surface area contributed by atoms with Gasteiger partial charge in [0.25, 0.3) is 5.91 Å².